The number of ketones is 1. The zero-order valence-electron chi connectivity index (χ0n) is 8.70. The molecular weight excluding hydrogens is 186 g/mol. The van der Waals surface area contributed by atoms with Gasteiger partial charge in [0, 0.05) is 24.9 Å². The second kappa shape index (κ2) is 3.46. The van der Waals surface area contributed by atoms with Gasteiger partial charge in [0.15, 0.2) is 0 Å². The Morgan fingerprint density at radius 3 is 3.20 bits per heavy atom. The molecule has 1 saturated carbocycles. The summed E-state index contributed by atoms with van der Waals surface area (Å²) in [4.78, 5) is 11.4. The fourth-order valence-electron chi connectivity index (χ4n) is 2.69. The van der Waals surface area contributed by atoms with E-state index in [1.54, 1.807) is 0 Å². The Morgan fingerprint density at radius 1 is 1.33 bits per heavy atom. The van der Waals surface area contributed by atoms with Gasteiger partial charge in [-0.25, -0.2) is 0 Å². The summed E-state index contributed by atoms with van der Waals surface area (Å²) in [6.07, 6.45) is 12.2. The van der Waals surface area contributed by atoms with Crippen LogP contribution in [0.2, 0.25) is 0 Å². The second-order valence-electron chi connectivity index (χ2n) is 4.58. The van der Waals surface area contributed by atoms with Gasteiger partial charge in [0.1, 0.15) is 5.78 Å². The number of allylic oxidation sites excluding steroid dienone is 2. The Labute approximate surface area is 89.7 Å². The van der Waals surface area contributed by atoms with Crippen LogP contribution in [0.4, 0.5) is 0 Å². The van der Waals surface area contributed by atoms with E-state index < -0.39 is 0 Å². The molecule has 0 radical (unpaired) electrons. The lowest BCUT2D eigenvalue weighted by molar-refractivity contribution is -0.119. The molecule has 3 aliphatic rings. The maximum absolute atomic E-state index is 11.4. The maximum Gasteiger partial charge on any atom is 0.137 e. The Kier molecular flexibility index (Phi) is 2.10. The quantitative estimate of drug-likeness (QED) is 0.648. The summed E-state index contributed by atoms with van der Waals surface area (Å²) in [5, 5.41) is 3.64. The lowest BCUT2D eigenvalue weighted by atomic mass is 9.81. The fraction of sp³-hybridized carbons (Fsp3) is 0.462. The van der Waals surface area contributed by atoms with Gasteiger partial charge in [0.2, 0.25) is 0 Å². The SMILES string of the molecule is O=C1CCC2NC3CC=CC=C3C=C2C1. The van der Waals surface area contributed by atoms with Crippen molar-refractivity contribution < 1.29 is 4.79 Å². The summed E-state index contributed by atoms with van der Waals surface area (Å²) in [7, 11) is 0. The van der Waals surface area contributed by atoms with Crippen LogP contribution in [0.25, 0.3) is 0 Å². The standard InChI is InChI=1S/C13H15NO/c15-11-5-6-13-10(8-11)7-9-3-1-2-4-12(9)14-13/h1-3,7,12-14H,4-6,8H2. The highest BCUT2D eigenvalue weighted by Gasteiger charge is 2.30. The van der Waals surface area contributed by atoms with Crippen LogP contribution in [0, 0.1) is 0 Å². The molecule has 0 saturated heterocycles. The highest BCUT2D eigenvalue weighted by atomic mass is 16.1. The van der Waals surface area contributed by atoms with E-state index in [1.807, 2.05) is 0 Å². The number of nitrogens with one attached hydrogen (secondary N) is 1. The smallest absolute Gasteiger partial charge is 0.137 e. The molecule has 1 fully saturated rings. The number of carbonyl (C=O) groups excluding carboxylic acids is 1. The van der Waals surface area contributed by atoms with Crippen molar-refractivity contribution in [2.45, 2.75) is 37.8 Å². The normalized spacial score (nSPS) is 34.0. The van der Waals surface area contributed by atoms with Crippen molar-refractivity contribution in [2.75, 3.05) is 0 Å². The van der Waals surface area contributed by atoms with Gasteiger partial charge in [-0.15, -0.1) is 0 Å². The first kappa shape index (κ1) is 9.10. The van der Waals surface area contributed by atoms with E-state index in [4.69, 9.17) is 0 Å². The van der Waals surface area contributed by atoms with Crippen molar-refractivity contribution in [1.29, 1.82) is 0 Å². The van der Waals surface area contributed by atoms with Crippen molar-refractivity contribution in [3.05, 3.63) is 35.5 Å². The monoisotopic (exact) mass is 201 g/mol. The number of hydrogen-bond donors (Lipinski definition) is 1. The van der Waals surface area contributed by atoms with Gasteiger partial charge in [-0.2, -0.15) is 0 Å². The Bertz CT molecular complexity index is 389. The van der Waals surface area contributed by atoms with Gasteiger partial charge < -0.3 is 5.32 Å². The summed E-state index contributed by atoms with van der Waals surface area (Å²) in [6, 6.07) is 0.938. The first-order valence-corrected chi connectivity index (χ1v) is 5.68. The van der Waals surface area contributed by atoms with Crippen LogP contribution >= 0.6 is 0 Å². The largest absolute Gasteiger partial charge is 0.303 e. The Morgan fingerprint density at radius 2 is 2.27 bits per heavy atom. The lowest BCUT2D eigenvalue weighted by Gasteiger charge is -2.36. The topological polar surface area (TPSA) is 29.1 Å². The zero-order valence-corrected chi connectivity index (χ0v) is 8.70. The molecule has 2 nitrogen and oxygen atoms in total. The van der Waals surface area contributed by atoms with Crippen LogP contribution in [-0.2, 0) is 4.79 Å². The van der Waals surface area contributed by atoms with Gasteiger partial charge in [0.25, 0.3) is 0 Å². The van der Waals surface area contributed by atoms with Gasteiger partial charge in [-0.05, 0) is 24.0 Å². The predicted molar refractivity (Wildman–Crippen MR) is 59.5 cm³/mol. The summed E-state index contributed by atoms with van der Waals surface area (Å²) in [6.45, 7) is 0. The molecule has 0 amide bonds. The molecule has 3 rings (SSSR count). The highest BCUT2D eigenvalue weighted by molar-refractivity contribution is 5.82. The summed E-state index contributed by atoms with van der Waals surface area (Å²) in [5.74, 6) is 0.393. The number of fused-ring (bicyclic) bond motifs is 2. The molecular formula is C13H15NO. The van der Waals surface area contributed by atoms with Crippen molar-refractivity contribution >= 4 is 5.78 Å². The van der Waals surface area contributed by atoms with Crippen LogP contribution in [0.3, 0.4) is 0 Å². The van der Waals surface area contributed by atoms with Gasteiger partial charge in [-0.1, -0.05) is 24.3 Å². The minimum absolute atomic E-state index is 0.393. The van der Waals surface area contributed by atoms with E-state index in [-0.39, 0.29) is 0 Å². The fourth-order valence-corrected chi connectivity index (χ4v) is 2.69. The molecule has 0 aromatic carbocycles. The molecule has 2 atom stereocenters. The van der Waals surface area contributed by atoms with E-state index >= 15 is 0 Å². The van der Waals surface area contributed by atoms with Crippen LogP contribution < -0.4 is 5.32 Å². The third-order valence-electron chi connectivity index (χ3n) is 3.51. The number of Topliss-reactive ketones (excluding diaryl/α,β-unsaturated/α-hetero) is 1. The van der Waals surface area contributed by atoms with Crippen molar-refractivity contribution in [1.82, 2.24) is 5.32 Å². The summed E-state index contributed by atoms with van der Waals surface area (Å²) < 4.78 is 0. The summed E-state index contributed by atoms with van der Waals surface area (Å²) in [5.41, 5.74) is 2.64. The highest BCUT2D eigenvalue weighted by Crippen LogP contribution is 2.30. The molecule has 1 heterocycles. The first-order chi connectivity index (χ1) is 7.33. The Balaban J connectivity index is 1.93. The van der Waals surface area contributed by atoms with Crippen LogP contribution in [-0.4, -0.2) is 17.9 Å². The summed E-state index contributed by atoms with van der Waals surface area (Å²) >= 11 is 0. The van der Waals surface area contributed by atoms with E-state index in [1.165, 1.54) is 11.1 Å². The molecule has 0 aromatic heterocycles. The van der Waals surface area contributed by atoms with Gasteiger partial charge in [0.05, 0.1) is 0 Å². The van der Waals surface area contributed by atoms with E-state index in [0.717, 1.165) is 19.3 Å². The van der Waals surface area contributed by atoms with E-state index in [0.29, 0.717) is 24.3 Å². The zero-order chi connectivity index (χ0) is 10.3. The predicted octanol–water partition coefficient (Wildman–Crippen LogP) is 1.89. The number of rotatable bonds is 0. The molecule has 2 heteroatoms. The first-order valence-electron chi connectivity index (χ1n) is 5.68. The molecule has 1 N–H and O–H groups in total. The van der Waals surface area contributed by atoms with Crippen molar-refractivity contribution in [3.8, 4) is 0 Å². The molecule has 0 spiro atoms. The average molecular weight is 201 g/mol. The van der Waals surface area contributed by atoms with Crippen molar-refractivity contribution in [3.63, 3.8) is 0 Å². The molecule has 2 unspecified atom stereocenters. The molecule has 1 aliphatic heterocycles. The molecule has 0 bridgehead atoms. The molecule has 2 aliphatic carbocycles. The lowest BCUT2D eigenvalue weighted by Crippen LogP contribution is -2.46. The number of carbonyl (C=O) groups is 1. The van der Waals surface area contributed by atoms with Crippen LogP contribution in [0.1, 0.15) is 25.7 Å². The van der Waals surface area contributed by atoms with Crippen LogP contribution in [0.5, 0.6) is 0 Å². The van der Waals surface area contributed by atoms with Crippen LogP contribution in [0.15, 0.2) is 35.5 Å². The van der Waals surface area contributed by atoms with Crippen molar-refractivity contribution in [2.24, 2.45) is 0 Å². The Hall–Kier alpha value is -1.15. The third-order valence-corrected chi connectivity index (χ3v) is 3.51. The minimum atomic E-state index is 0.393. The van der Waals surface area contributed by atoms with E-state index in [2.05, 4.69) is 29.6 Å². The number of hydrogen-bond acceptors (Lipinski definition) is 2. The average Bonchev–Trinajstić information content (AvgIpc) is 2.26. The van der Waals surface area contributed by atoms with E-state index in [9.17, 15) is 4.79 Å². The van der Waals surface area contributed by atoms with Gasteiger partial charge >= 0.3 is 0 Å². The third kappa shape index (κ3) is 1.59. The molecule has 15 heavy (non-hydrogen) atoms. The maximum atomic E-state index is 11.4. The molecule has 78 valence electrons. The molecule has 0 aromatic rings. The second-order valence-corrected chi connectivity index (χ2v) is 4.58. The minimum Gasteiger partial charge on any atom is -0.303 e. The van der Waals surface area contributed by atoms with Gasteiger partial charge in [-0.3, -0.25) is 4.79 Å².